The first-order chi connectivity index (χ1) is 8.32. The van der Waals surface area contributed by atoms with E-state index in [4.69, 9.17) is 5.73 Å². The molecule has 96 valence electrons. The first kappa shape index (κ1) is 12.4. The third-order valence-electron chi connectivity index (χ3n) is 2.27. The maximum Gasteiger partial charge on any atom is 0.415 e. The molecule has 9 heteroatoms. The lowest BCUT2D eigenvalue weighted by molar-refractivity contribution is -0.190. The molecule has 0 aromatic carbocycles. The summed E-state index contributed by atoms with van der Waals surface area (Å²) in [5.74, 6) is -0.795. The second-order valence-electron chi connectivity index (χ2n) is 3.72. The van der Waals surface area contributed by atoms with Gasteiger partial charge in [-0.2, -0.15) is 18.2 Å². The Balaban J connectivity index is 2.38. The number of nitrogens with two attached hydrogens (primary N) is 1. The zero-order chi connectivity index (χ0) is 13.4. The van der Waals surface area contributed by atoms with Crippen LogP contribution in [-0.2, 0) is 5.54 Å². The van der Waals surface area contributed by atoms with Crippen LogP contribution in [0.25, 0.3) is 11.5 Å². The number of hydrogen-bond donors (Lipinski definition) is 1. The first-order valence-corrected chi connectivity index (χ1v) is 4.78. The minimum atomic E-state index is -4.69. The van der Waals surface area contributed by atoms with Crippen LogP contribution in [0.15, 0.2) is 23.1 Å². The third-order valence-corrected chi connectivity index (χ3v) is 2.27. The van der Waals surface area contributed by atoms with Gasteiger partial charge in [0.15, 0.2) is 5.54 Å². The molecule has 0 radical (unpaired) electrons. The van der Waals surface area contributed by atoms with E-state index in [-0.39, 0.29) is 11.5 Å². The van der Waals surface area contributed by atoms with Crippen LogP contribution in [0.5, 0.6) is 0 Å². The summed E-state index contributed by atoms with van der Waals surface area (Å²) in [6.07, 6.45) is -2.07. The highest BCUT2D eigenvalue weighted by Gasteiger charge is 2.53. The Kier molecular flexibility index (Phi) is 2.77. The van der Waals surface area contributed by atoms with Crippen molar-refractivity contribution in [3.63, 3.8) is 0 Å². The summed E-state index contributed by atoms with van der Waals surface area (Å²) in [6, 6.07) is 1.44. The molecule has 0 aliphatic rings. The largest absolute Gasteiger partial charge is 0.415 e. The molecular weight excluding hydrogens is 251 g/mol. The van der Waals surface area contributed by atoms with Gasteiger partial charge in [0.1, 0.15) is 12.0 Å². The topological polar surface area (TPSA) is 90.7 Å². The van der Waals surface area contributed by atoms with E-state index in [0.717, 1.165) is 6.92 Å². The molecule has 2 aromatic rings. The average molecular weight is 259 g/mol. The Morgan fingerprint density at radius 3 is 2.61 bits per heavy atom. The first-order valence-electron chi connectivity index (χ1n) is 4.78. The molecule has 0 amide bonds. The van der Waals surface area contributed by atoms with Gasteiger partial charge in [0.05, 0.1) is 0 Å². The number of hydrogen-bond acceptors (Lipinski definition) is 6. The van der Waals surface area contributed by atoms with Gasteiger partial charge in [-0.05, 0) is 13.0 Å². The van der Waals surface area contributed by atoms with Gasteiger partial charge in [0, 0.05) is 6.20 Å². The van der Waals surface area contributed by atoms with Crippen LogP contribution in [0.3, 0.4) is 0 Å². The summed E-state index contributed by atoms with van der Waals surface area (Å²) in [5, 5.41) is 3.41. The Morgan fingerprint density at radius 1 is 1.33 bits per heavy atom. The van der Waals surface area contributed by atoms with Gasteiger partial charge in [-0.25, -0.2) is 9.97 Å². The molecule has 0 saturated carbocycles. The summed E-state index contributed by atoms with van der Waals surface area (Å²) in [5.41, 5.74) is 2.70. The van der Waals surface area contributed by atoms with Crippen molar-refractivity contribution in [2.24, 2.45) is 5.73 Å². The van der Waals surface area contributed by atoms with Gasteiger partial charge in [-0.15, -0.1) is 0 Å². The van der Waals surface area contributed by atoms with Crippen molar-refractivity contribution in [2.45, 2.75) is 18.6 Å². The molecule has 2 N–H and O–H groups in total. The van der Waals surface area contributed by atoms with Gasteiger partial charge in [-0.1, -0.05) is 5.16 Å². The van der Waals surface area contributed by atoms with Gasteiger partial charge in [-0.3, -0.25) is 0 Å². The van der Waals surface area contributed by atoms with Crippen molar-refractivity contribution in [3.05, 3.63) is 24.5 Å². The fourth-order valence-corrected chi connectivity index (χ4v) is 1.08. The lowest BCUT2D eigenvalue weighted by Gasteiger charge is -2.22. The van der Waals surface area contributed by atoms with Crippen molar-refractivity contribution in [3.8, 4) is 11.5 Å². The fraction of sp³-hybridized carbons (Fsp3) is 0.333. The van der Waals surface area contributed by atoms with E-state index in [1.807, 2.05) is 0 Å². The monoisotopic (exact) mass is 259 g/mol. The van der Waals surface area contributed by atoms with E-state index < -0.39 is 17.6 Å². The van der Waals surface area contributed by atoms with E-state index in [1.54, 1.807) is 0 Å². The van der Waals surface area contributed by atoms with E-state index in [2.05, 4.69) is 24.6 Å². The normalized spacial score (nSPS) is 15.4. The molecule has 1 unspecified atom stereocenters. The van der Waals surface area contributed by atoms with Gasteiger partial charge < -0.3 is 10.3 Å². The summed E-state index contributed by atoms with van der Waals surface area (Å²) < 4.78 is 42.5. The van der Waals surface area contributed by atoms with Crippen LogP contribution in [0.4, 0.5) is 13.2 Å². The standard InChI is InChI=1S/C9H8F3N5O/c1-8(13,9(10,11)12)7-16-6(17-18-7)5-2-3-14-4-15-5/h2-4H,13H2,1H3. The Labute approximate surface area is 99.0 Å². The smallest absolute Gasteiger partial charge is 0.336 e. The molecule has 18 heavy (non-hydrogen) atoms. The van der Waals surface area contributed by atoms with E-state index >= 15 is 0 Å². The highest BCUT2D eigenvalue weighted by atomic mass is 19.4. The Hall–Kier alpha value is -2.03. The summed E-state index contributed by atoms with van der Waals surface area (Å²) in [6.45, 7) is 0.754. The summed E-state index contributed by atoms with van der Waals surface area (Å²) >= 11 is 0. The summed E-state index contributed by atoms with van der Waals surface area (Å²) in [4.78, 5) is 11.1. The predicted molar refractivity (Wildman–Crippen MR) is 52.9 cm³/mol. The number of rotatable bonds is 2. The zero-order valence-electron chi connectivity index (χ0n) is 9.14. The molecule has 2 heterocycles. The maximum atomic E-state index is 12.7. The SMILES string of the molecule is CC(N)(c1nc(-c2ccncn2)no1)C(F)(F)F. The third kappa shape index (κ3) is 2.04. The highest BCUT2D eigenvalue weighted by molar-refractivity contribution is 5.46. The predicted octanol–water partition coefficient (Wildman–Crippen LogP) is 1.26. The van der Waals surface area contributed by atoms with E-state index in [1.165, 1.54) is 18.6 Å². The second-order valence-corrected chi connectivity index (χ2v) is 3.72. The van der Waals surface area contributed by atoms with Crippen LogP contribution < -0.4 is 5.73 Å². The molecule has 0 aliphatic heterocycles. The van der Waals surface area contributed by atoms with E-state index in [9.17, 15) is 13.2 Å². The molecule has 0 saturated heterocycles. The summed E-state index contributed by atoms with van der Waals surface area (Å²) in [7, 11) is 0. The minimum Gasteiger partial charge on any atom is -0.336 e. The van der Waals surface area contributed by atoms with Crippen LogP contribution >= 0.6 is 0 Å². The molecule has 0 bridgehead atoms. The Bertz CT molecular complexity index is 537. The molecule has 6 nitrogen and oxygen atoms in total. The Morgan fingerprint density at radius 2 is 2.06 bits per heavy atom. The van der Waals surface area contributed by atoms with Crippen LogP contribution in [0.1, 0.15) is 12.8 Å². The van der Waals surface area contributed by atoms with Crippen molar-refractivity contribution in [1.29, 1.82) is 0 Å². The van der Waals surface area contributed by atoms with Crippen molar-refractivity contribution < 1.29 is 17.7 Å². The quantitative estimate of drug-likeness (QED) is 0.873. The molecule has 0 aliphatic carbocycles. The van der Waals surface area contributed by atoms with Gasteiger partial charge in [0.2, 0.25) is 5.82 Å². The van der Waals surface area contributed by atoms with Crippen molar-refractivity contribution in [1.82, 2.24) is 20.1 Å². The molecule has 0 fully saturated rings. The lowest BCUT2D eigenvalue weighted by Crippen LogP contribution is -2.47. The zero-order valence-corrected chi connectivity index (χ0v) is 9.14. The van der Waals surface area contributed by atoms with Crippen molar-refractivity contribution in [2.75, 3.05) is 0 Å². The minimum absolute atomic E-state index is 0.0756. The fourth-order valence-electron chi connectivity index (χ4n) is 1.08. The number of halogens is 3. The van der Waals surface area contributed by atoms with Crippen molar-refractivity contribution >= 4 is 0 Å². The van der Waals surface area contributed by atoms with Crippen LogP contribution in [0.2, 0.25) is 0 Å². The molecule has 2 rings (SSSR count). The molecule has 2 aromatic heterocycles. The average Bonchev–Trinajstić information content (AvgIpc) is 2.78. The second kappa shape index (κ2) is 4.02. The number of alkyl halides is 3. The number of aromatic nitrogens is 4. The molecular formula is C9H8F3N5O. The highest BCUT2D eigenvalue weighted by Crippen LogP contribution is 2.35. The maximum absolute atomic E-state index is 12.7. The lowest BCUT2D eigenvalue weighted by atomic mass is 10.0. The number of nitrogens with zero attached hydrogens (tertiary/aromatic N) is 4. The van der Waals surface area contributed by atoms with Crippen LogP contribution in [-0.4, -0.2) is 26.3 Å². The molecule has 0 spiro atoms. The van der Waals surface area contributed by atoms with Crippen LogP contribution in [0, 0.1) is 0 Å². The molecule has 1 atom stereocenters. The van der Waals surface area contributed by atoms with Gasteiger partial charge in [0.25, 0.3) is 5.89 Å². The van der Waals surface area contributed by atoms with Gasteiger partial charge >= 0.3 is 6.18 Å². The van der Waals surface area contributed by atoms with E-state index in [0.29, 0.717) is 0 Å².